The molecular formula is C27H38O2. The van der Waals surface area contributed by atoms with Gasteiger partial charge in [0.1, 0.15) is 5.75 Å². The van der Waals surface area contributed by atoms with E-state index in [2.05, 4.69) is 32.1 Å². The number of hydrogen-bond acceptors (Lipinski definition) is 2. The average Bonchev–Trinajstić information content (AvgIpc) is 2.74. The van der Waals surface area contributed by atoms with E-state index in [1.54, 1.807) is 0 Å². The third-order valence-corrected chi connectivity index (χ3v) is 7.69. The SMILES string of the molecule is Cc1cc(CC2CC(C)C=C(C3CCCCC3)C2=O)c(O)c(C2CCCCC2)c1. The van der Waals surface area contributed by atoms with E-state index in [1.807, 2.05) is 0 Å². The first-order valence-electron chi connectivity index (χ1n) is 12.1. The van der Waals surface area contributed by atoms with Gasteiger partial charge in [0.05, 0.1) is 0 Å². The maximum absolute atomic E-state index is 13.4. The fourth-order valence-corrected chi connectivity index (χ4v) is 6.20. The Hall–Kier alpha value is -1.57. The van der Waals surface area contributed by atoms with E-state index in [-0.39, 0.29) is 5.92 Å². The highest BCUT2D eigenvalue weighted by atomic mass is 16.3. The normalized spacial score (nSPS) is 27.1. The molecule has 2 heteroatoms. The van der Waals surface area contributed by atoms with Crippen molar-refractivity contribution in [1.82, 2.24) is 0 Å². The fourth-order valence-electron chi connectivity index (χ4n) is 6.20. The summed E-state index contributed by atoms with van der Waals surface area (Å²) in [4.78, 5) is 13.4. The Kier molecular flexibility index (Phi) is 6.47. The molecule has 2 atom stereocenters. The lowest BCUT2D eigenvalue weighted by Gasteiger charge is -2.32. The van der Waals surface area contributed by atoms with Crippen molar-refractivity contribution in [2.75, 3.05) is 0 Å². The van der Waals surface area contributed by atoms with Crippen LogP contribution in [0.2, 0.25) is 0 Å². The van der Waals surface area contributed by atoms with Crippen LogP contribution in [0.1, 0.15) is 100 Å². The molecule has 1 aromatic rings. The maximum atomic E-state index is 13.4. The number of hydrogen-bond donors (Lipinski definition) is 1. The maximum Gasteiger partial charge on any atom is 0.162 e. The van der Waals surface area contributed by atoms with Crippen molar-refractivity contribution in [2.45, 2.75) is 96.8 Å². The minimum absolute atomic E-state index is 0.0267. The van der Waals surface area contributed by atoms with E-state index >= 15 is 0 Å². The summed E-state index contributed by atoms with van der Waals surface area (Å²) in [6.45, 7) is 4.39. The van der Waals surface area contributed by atoms with Gasteiger partial charge in [-0.15, -0.1) is 0 Å². The molecule has 0 amide bonds. The van der Waals surface area contributed by atoms with Gasteiger partial charge in [-0.2, -0.15) is 0 Å². The molecule has 0 saturated heterocycles. The minimum atomic E-state index is 0.0267. The van der Waals surface area contributed by atoms with Gasteiger partial charge in [0.15, 0.2) is 5.78 Å². The number of aromatic hydroxyl groups is 1. The molecule has 2 unspecified atom stereocenters. The molecule has 1 aromatic carbocycles. The number of phenolic OH excluding ortho intramolecular Hbond substituents is 1. The van der Waals surface area contributed by atoms with Crippen LogP contribution in [0.5, 0.6) is 5.75 Å². The lowest BCUT2D eigenvalue weighted by molar-refractivity contribution is -0.120. The molecule has 4 rings (SSSR count). The topological polar surface area (TPSA) is 37.3 Å². The number of carbonyl (C=O) groups excluding carboxylic acids is 1. The van der Waals surface area contributed by atoms with Crippen molar-refractivity contribution in [1.29, 1.82) is 0 Å². The third-order valence-electron chi connectivity index (χ3n) is 7.69. The quantitative estimate of drug-likeness (QED) is 0.595. The number of phenols is 1. The molecule has 2 nitrogen and oxygen atoms in total. The molecule has 29 heavy (non-hydrogen) atoms. The standard InChI is InChI=1S/C27H38O2/c1-18-13-22(26(28)24(15-18)20-9-5-3-6-10-20)17-23-14-19(2)16-25(27(23)29)21-11-7-4-8-12-21/h13,15-16,19-21,23,28H,3-12,14,17H2,1-2H3. The number of Topliss-reactive ketones (excluding diaryl/α,β-unsaturated/α-hetero) is 1. The van der Waals surface area contributed by atoms with Crippen molar-refractivity contribution in [3.05, 3.63) is 40.5 Å². The average molecular weight is 395 g/mol. The molecule has 2 saturated carbocycles. The third kappa shape index (κ3) is 4.62. The zero-order valence-corrected chi connectivity index (χ0v) is 18.4. The largest absolute Gasteiger partial charge is 0.507 e. The van der Waals surface area contributed by atoms with E-state index in [0.717, 1.165) is 23.1 Å². The molecule has 3 aliphatic carbocycles. The van der Waals surface area contributed by atoms with Crippen LogP contribution in [-0.4, -0.2) is 10.9 Å². The number of rotatable bonds is 4. The fraction of sp³-hybridized carbons (Fsp3) is 0.667. The Morgan fingerprint density at radius 3 is 2.21 bits per heavy atom. The van der Waals surface area contributed by atoms with Crippen molar-refractivity contribution < 1.29 is 9.90 Å². The molecule has 0 heterocycles. The Morgan fingerprint density at radius 2 is 1.55 bits per heavy atom. The second kappa shape index (κ2) is 9.06. The number of allylic oxidation sites excluding steroid dienone is 2. The van der Waals surface area contributed by atoms with Crippen LogP contribution in [-0.2, 0) is 11.2 Å². The Balaban J connectivity index is 1.56. The number of carbonyl (C=O) groups is 1. The predicted octanol–water partition coefficient (Wildman–Crippen LogP) is 7.02. The van der Waals surface area contributed by atoms with Gasteiger partial charge >= 0.3 is 0 Å². The number of benzene rings is 1. The monoisotopic (exact) mass is 394 g/mol. The first-order valence-corrected chi connectivity index (χ1v) is 12.1. The highest BCUT2D eigenvalue weighted by Gasteiger charge is 2.34. The zero-order valence-electron chi connectivity index (χ0n) is 18.4. The summed E-state index contributed by atoms with van der Waals surface area (Å²) < 4.78 is 0. The predicted molar refractivity (Wildman–Crippen MR) is 119 cm³/mol. The van der Waals surface area contributed by atoms with Crippen molar-refractivity contribution in [2.24, 2.45) is 17.8 Å². The van der Waals surface area contributed by atoms with E-state index in [0.29, 0.717) is 35.7 Å². The van der Waals surface area contributed by atoms with E-state index in [1.165, 1.54) is 69.8 Å². The molecule has 0 spiro atoms. The molecule has 0 bridgehead atoms. The van der Waals surface area contributed by atoms with Gasteiger partial charge in [-0.1, -0.05) is 69.2 Å². The highest BCUT2D eigenvalue weighted by molar-refractivity contribution is 5.98. The van der Waals surface area contributed by atoms with E-state index < -0.39 is 0 Å². The second-order valence-corrected chi connectivity index (χ2v) is 10.1. The molecule has 0 radical (unpaired) electrons. The summed E-state index contributed by atoms with van der Waals surface area (Å²) in [6, 6.07) is 4.31. The van der Waals surface area contributed by atoms with Crippen LogP contribution in [0.25, 0.3) is 0 Å². The molecule has 158 valence electrons. The van der Waals surface area contributed by atoms with Gasteiger partial charge in [0.2, 0.25) is 0 Å². The smallest absolute Gasteiger partial charge is 0.162 e. The Morgan fingerprint density at radius 1 is 0.931 bits per heavy atom. The van der Waals surface area contributed by atoms with E-state index in [4.69, 9.17) is 0 Å². The molecular weight excluding hydrogens is 356 g/mol. The highest BCUT2D eigenvalue weighted by Crippen LogP contribution is 2.42. The van der Waals surface area contributed by atoms with Crippen LogP contribution in [0.3, 0.4) is 0 Å². The summed E-state index contributed by atoms with van der Waals surface area (Å²) in [5, 5.41) is 11.1. The van der Waals surface area contributed by atoms with Crippen LogP contribution in [0.4, 0.5) is 0 Å². The van der Waals surface area contributed by atoms with Gasteiger partial charge in [-0.25, -0.2) is 0 Å². The van der Waals surface area contributed by atoms with Crippen molar-refractivity contribution >= 4 is 5.78 Å². The summed E-state index contributed by atoms with van der Waals surface area (Å²) in [7, 11) is 0. The molecule has 1 N–H and O–H groups in total. The van der Waals surface area contributed by atoms with Crippen LogP contribution < -0.4 is 0 Å². The Labute approximate surface area is 176 Å². The van der Waals surface area contributed by atoms with Crippen molar-refractivity contribution in [3.8, 4) is 5.75 Å². The lowest BCUT2D eigenvalue weighted by atomic mass is 9.71. The van der Waals surface area contributed by atoms with Crippen LogP contribution in [0.15, 0.2) is 23.8 Å². The van der Waals surface area contributed by atoms with Gasteiger partial charge in [-0.3, -0.25) is 4.79 Å². The van der Waals surface area contributed by atoms with Gasteiger partial charge in [-0.05, 0) is 79.9 Å². The van der Waals surface area contributed by atoms with Gasteiger partial charge < -0.3 is 5.11 Å². The first-order chi connectivity index (χ1) is 14.0. The first kappa shape index (κ1) is 20.7. The number of aryl methyl sites for hydroxylation is 1. The summed E-state index contributed by atoms with van der Waals surface area (Å²) in [5.74, 6) is 2.30. The van der Waals surface area contributed by atoms with E-state index in [9.17, 15) is 9.90 Å². The molecule has 3 aliphatic rings. The minimum Gasteiger partial charge on any atom is -0.507 e. The number of ketones is 1. The zero-order chi connectivity index (χ0) is 20.4. The Bertz CT molecular complexity index is 763. The van der Waals surface area contributed by atoms with Gasteiger partial charge in [0.25, 0.3) is 0 Å². The summed E-state index contributed by atoms with van der Waals surface area (Å²) >= 11 is 0. The second-order valence-electron chi connectivity index (χ2n) is 10.1. The van der Waals surface area contributed by atoms with Crippen LogP contribution in [0, 0.1) is 24.7 Å². The van der Waals surface area contributed by atoms with Crippen molar-refractivity contribution in [3.63, 3.8) is 0 Å². The molecule has 0 aromatic heterocycles. The summed E-state index contributed by atoms with van der Waals surface area (Å²) in [6.07, 6.45) is 16.3. The lowest BCUT2D eigenvalue weighted by Crippen LogP contribution is -2.30. The summed E-state index contributed by atoms with van der Waals surface area (Å²) in [5.41, 5.74) is 4.48. The molecule has 2 fully saturated rings. The van der Waals surface area contributed by atoms with Gasteiger partial charge in [0, 0.05) is 5.92 Å². The van der Waals surface area contributed by atoms with Crippen LogP contribution >= 0.6 is 0 Å². The molecule has 0 aliphatic heterocycles.